The van der Waals surface area contributed by atoms with Crippen LogP contribution in [0.4, 0.5) is 22.0 Å². The minimum Gasteiger partial charge on any atom is -0.470 e. The molecule has 0 spiro atoms. The summed E-state index contributed by atoms with van der Waals surface area (Å²) < 4.78 is 93.5. The first kappa shape index (κ1) is 22.3. The molecule has 3 rings (SSSR count). The van der Waals surface area contributed by atoms with Gasteiger partial charge in [0.15, 0.2) is 27.1 Å². The van der Waals surface area contributed by atoms with E-state index in [0.29, 0.717) is 4.60 Å². The van der Waals surface area contributed by atoms with E-state index in [1.165, 1.54) is 23.7 Å². The van der Waals surface area contributed by atoms with E-state index in [-0.39, 0.29) is 27.7 Å². The minimum absolute atomic E-state index is 0.00202. The Labute approximate surface area is 174 Å². The van der Waals surface area contributed by atoms with Gasteiger partial charge in [0.1, 0.15) is 10.3 Å². The molecule has 30 heavy (non-hydrogen) atoms. The largest absolute Gasteiger partial charge is 0.470 e. The van der Waals surface area contributed by atoms with Crippen LogP contribution in [0, 0.1) is 0 Å². The monoisotopic (exact) mass is 515 g/mol. The standard InChI is InChI=1S/C15H11BrF5N5O3S/c1-2-30(27,28)13-11(12-22-6-5-9(16)26(12)25-13)8-3-4-10(24-23-8)29-7-14(17,18)15(19,20)21/h3-6H,2,7H2,1H3. The number of hydrogen-bond acceptors (Lipinski definition) is 7. The van der Waals surface area contributed by atoms with E-state index < -0.39 is 34.4 Å². The Bertz CT molecular complexity index is 1180. The topological polar surface area (TPSA) is 99.3 Å². The number of fused-ring (bicyclic) bond motifs is 1. The molecule has 3 aromatic rings. The zero-order valence-electron chi connectivity index (χ0n) is 14.9. The van der Waals surface area contributed by atoms with Gasteiger partial charge in [0.25, 0.3) is 0 Å². The molecule has 0 aromatic carbocycles. The second-order valence-electron chi connectivity index (χ2n) is 5.83. The molecular formula is C15H11BrF5N5O3S. The maximum absolute atomic E-state index is 13.0. The van der Waals surface area contributed by atoms with Crippen molar-refractivity contribution in [2.45, 2.75) is 24.0 Å². The average molecular weight is 516 g/mol. The van der Waals surface area contributed by atoms with Crippen molar-refractivity contribution in [1.82, 2.24) is 24.8 Å². The first-order valence-electron chi connectivity index (χ1n) is 8.05. The number of sulfone groups is 1. The molecule has 0 saturated heterocycles. The van der Waals surface area contributed by atoms with Crippen molar-refractivity contribution in [1.29, 1.82) is 0 Å². The van der Waals surface area contributed by atoms with Gasteiger partial charge in [0, 0.05) is 12.3 Å². The number of nitrogens with zero attached hydrogens (tertiary/aromatic N) is 5. The van der Waals surface area contributed by atoms with Gasteiger partial charge in [0.05, 0.1) is 11.3 Å². The smallest absolute Gasteiger partial charge is 0.456 e. The van der Waals surface area contributed by atoms with E-state index in [1.54, 1.807) is 0 Å². The Morgan fingerprint density at radius 3 is 2.40 bits per heavy atom. The van der Waals surface area contributed by atoms with E-state index in [9.17, 15) is 30.4 Å². The van der Waals surface area contributed by atoms with Crippen molar-refractivity contribution in [2.75, 3.05) is 12.4 Å². The van der Waals surface area contributed by atoms with Gasteiger partial charge in [-0.3, -0.25) is 0 Å². The van der Waals surface area contributed by atoms with Crippen LogP contribution < -0.4 is 4.74 Å². The Morgan fingerprint density at radius 1 is 1.13 bits per heavy atom. The fourth-order valence-electron chi connectivity index (χ4n) is 2.25. The highest BCUT2D eigenvalue weighted by Gasteiger charge is 2.58. The highest BCUT2D eigenvalue weighted by molar-refractivity contribution is 9.10. The minimum atomic E-state index is -5.78. The third-order valence-corrected chi connectivity index (χ3v) is 6.06. The lowest BCUT2D eigenvalue weighted by molar-refractivity contribution is -0.290. The van der Waals surface area contributed by atoms with Crippen molar-refractivity contribution < 1.29 is 35.1 Å². The summed E-state index contributed by atoms with van der Waals surface area (Å²) in [6.07, 6.45) is -4.39. The molecule has 0 aliphatic heterocycles. The van der Waals surface area contributed by atoms with Crippen LogP contribution in [0.25, 0.3) is 16.9 Å². The Kier molecular flexibility index (Phi) is 5.70. The van der Waals surface area contributed by atoms with Gasteiger partial charge < -0.3 is 4.74 Å². The predicted molar refractivity (Wildman–Crippen MR) is 95.9 cm³/mol. The van der Waals surface area contributed by atoms with Gasteiger partial charge in [0.2, 0.25) is 5.88 Å². The van der Waals surface area contributed by atoms with Gasteiger partial charge in [-0.05, 0) is 28.1 Å². The molecule has 0 unspecified atom stereocenters. The van der Waals surface area contributed by atoms with Crippen molar-refractivity contribution in [3.63, 3.8) is 0 Å². The molecule has 0 fully saturated rings. The third-order valence-electron chi connectivity index (χ3n) is 3.83. The molecule has 0 N–H and O–H groups in total. The fourth-order valence-corrected chi connectivity index (χ4v) is 3.60. The molecule has 0 bridgehead atoms. The van der Waals surface area contributed by atoms with Crippen LogP contribution in [0.1, 0.15) is 6.92 Å². The quantitative estimate of drug-likeness (QED) is 0.366. The average Bonchev–Trinajstić information content (AvgIpc) is 3.08. The molecule has 0 aliphatic carbocycles. The SMILES string of the molecule is CCS(=O)(=O)c1nn2c(Br)ccnc2c1-c1ccc(OCC(F)(F)C(F)(F)F)nn1. The summed E-state index contributed by atoms with van der Waals surface area (Å²) in [5.41, 5.74) is 0.0679. The highest BCUT2D eigenvalue weighted by atomic mass is 79.9. The zero-order chi connectivity index (χ0) is 22.3. The summed E-state index contributed by atoms with van der Waals surface area (Å²) in [6, 6.07) is 3.66. The van der Waals surface area contributed by atoms with Crippen LogP contribution in [-0.4, -0.2) is 57.7 Å². The van der Waals surface area contributed by atoms with Gasteiger partial charge >= 0.3 is 12.1 Å². The lowest BCUT2D eigenvalue weighted by Crippen LogP contribution is -2.41. The molecule has 8 nitrogen and oxygen atoms in total. The Morgan fingerprint density at radius 2 is 1.83 bits per heavy atom. The Hall–Kier alpha value is -2.42. The number of alkyl halides is 5. The summed E-state index contributed by atoms with van der Waals surface area (Å²) in [5.74, 6) is -5.95. The lowest BCUT2D eigenvalue weighted by atomic mass is 10.2. The van der Waals surface area contributed by atoms with E-state index in [2.05, 4.69) is 40.9 Å². The van der Waals surface area contributed by atoms with Crippen molar-refractivity contribution in [2.24, 2.45) is 0 Å². The van der Waals surface area contributed by atoms with Crippen molar-refractivity contribution in [3.8, 4) is 17.1 Å². The first-order chi connectivity index (χ1) is 13.9. The summed E-state index contributed by atoms with van der Waals surface area (Å²) in [7, 11) is -3.83. The molecular weight excluding hydrogens is 505 g/mol. The second-order valence-corrected chi connectivity index (χ2v) is 8.84. The zero-order valence-corrected chi connectivity index (χ0v) is 17.3. The molecule has 3 aromatic heterocycles. The van der Waals surface area contributed by atoms with E-state index in [1.807, 2.05) is 0 Å². The summed E-state index contributed by atoms with van der Waals surface area (Å²) in [5, 5.41) is 10.9. The maximum atomic E-state index is 13.0. The van der Waals surface area contributed by atoms with Crippen LogP contribution >= 0.6 is 15.9 Å². The predicted octanol–water partition coefficient (Wildman–Crippen LogP) is 3.32. The number of ether oxygens (including phenoxy) is 1. The summed E-state index contributed by atoms with van der Waals surface area (Å²) in [6.45, 7) is -0.569. The number of aromatic nitrogens is 5. The van der Waals surface area contributed by atoms with Crippen LogP contribution in [0.15, 0.2) is 34.0 Å². The number of halogens is 6. The normalized spacial score (nSPS) is 13.0. The lowest BCUT2D eigenvalue weighted by Gasteiger charge is -2.19. The van der Waals surface area contributed by atoms with Crippen molar-refractivity contribution in [3.05, 3.63) is 29.0 Å². The van der Waals surface area contributed by atoms with Crippen LogP contribution in [0.3, 0.4) is 0 Å². The Balaban J connectivity index is 2.01. The maximum Gasteiger partial charge on any atom is 0.456 e. The third kappa shape index (κ3) is 4.08. The van der Waals surface area contributed by atoms with E-state index >= 15 is 0 Å². The van der Waals surface area contributed by atoms with E-state index in [0.717, 1.165) is 12.1 Å². The molecule has 15 heteroatoms. The van der Waals surface area contributed by atoms with Crippen LogP contribution in [0.2, 0.25) is 0 Å². The summed E-state index contributed by atoms with van der Waals surface area (Å²) >= 11 is 3.22. The van der Waals surface area contributed by atoms with Crippen LogP contribution in [-0.2, 0) is 9.84 Å². The number of rotatable bonds is 6. The van der Waals surface area contributed by atoms with Gasteiger partial charge in [-0.25, -0.2) is 17.9 Å². The van der Waals surface area contributed by atoms with Crippen LogP contribution in [0.5, 0.6) is 5.88 Å². The van der Waals surface area contributed by atoms with Gasteiger partial charge in [-0.2, -0.15) is 27.1 Å². The van der Waals surface area contributed by atoms with E-state index in [4.69, 9.17) is 0 Å². The molecule has 0 amide bonds. The molecule has 0 radical (unpaired) electrons. The highest BCUT2D eigenvalue weighted by Crippen LogP contribution is 2.36. The number of hydrogen-bond donors (Lipinski definition) is 0. The molecule has 0 saturated carbocycles. The van der Waals surface area contributed by atoms with Crippen molar-refractivity contribution >= 4 is 31.4 Å². The second kappa shape index (κ2) is 7.68. The van der Waals surface area contributed by atoms with Gasteiger partial charge in [-0.15, -0.1) is 10.2 Å². The summed E-state index contributed by atoms with van der Waals surface area (Å²) in [4.78, 5) is 4.09. The molecule has 3 heterocycles. The fraction of sp³-hybridized carbons (Fsp3) is 0.333. The molecule has 162 valence electrons. The molecule has 0 aliphatic rings. The first-order valence-corrected chi connectivity index (χ1v) is 10.5. The molecule has 0 atom stereocenters. The van der Waals surface area contributed by atoms with Gasteiger partial charge in [-0.1, -0.05) is 6.92 Å².